The quantitative estimate of drug-likeness (QED) is 0.348. The van der Waals surface area contributed by atoms with E-state index in [1.807, 2.05) is 6.07 Å². The van der Waals surface area contributed by atoms with Gasteiger partial charge in [0, 0.05) is 44.4 Å². The van der Waals surface area contributed by atoms with E-state index < -0.39 is 14.4 Å². The smallest absolute Gasteiger partial charge is 0.249 e. The highest BCUT2D eigenvalue weighted by Crippen LogP contribution is 2.40. The maximum atomic E-state index is 15.0. The molecule has 0 radical (unpaired) electrons. The lowest BCUT2D eigenvalue weighted by molar-refractivity contribution is -0.133. The second-order valence-electron chi connectivity index (χ2n) is 13.0. The Morgan fingerprint density at radius 3 is 2.34 bits per heavy atom. The van der Waals surface area contributed by atoms with E-state index in [1.165, 1.54) is 38.2 Å². The van der Waals surface area contributed by atoms with Gasteiger partial charge in [0.2, 0.25) is 11.8 Å². The van der Waals surface area contributed by atoms with Crippen LogP contribution in [-0.2, 0) is 14.0 Å². The molecule has 2 N–H and O–H groups in total. The van der Waals surface area contributed by atoms with Crippen LogP contribution in [0, 0.1) is 11.7 Å². The van der Waals surface area contributed by atoms with Crippen LogP contribution in [0.1, 0.15) is 65.7 Å². The van der Waals surface area contributed by atoms with Gasteiger partial charge in [-0.15, -0.1) is 0 Å². The highest BCUT2D eigenvalue weighted by Gasteiger charge is 2.39. The summed E-state index contributed by atoms with van der Waals surface area (Å²) in [7, 11) is -1.69. The Balaban J connectivity index is 1.18. The van der Waals surface area contributed by atoms with Crippen molar-refractivity contribution in [2.24, 2.45) is 5.92 Å². The van der Waals surface area contributed by atoms with Crippen LogP contribution in [0.2, 0.25) is 18.1 Å². The molecule has 0 spiro atoms. The summed E-state index contributed by atoms with van der Waals surface area (Å²) in [5.74, 6) is -0.108. The first kappa shape index (κ1) is 29.0. The number of piperidine rings is 1. The van der Waals surface area contributed by atoms with Gasteiger partial charge in [-0.25, -0.2) is 4.39 Å². The molecule has 1 aromatic rings. The van der Waals surface area contributed by atoms with E-state index in [4.69, 9.17) is 4.43 Å². The van der Waals surface area contributed by atoms with Gasteiger partial charge in [0.25, 0.3) is 0 Å². The van der Waals surface area contributed by atoms with Crippen molar-refractivity contribution in [3.8, 4) is 0 Å². The second-order valence-corrected chi connectivity index (χ2v) is 17.7. The molecule has 0 bridgehead atoms. The van der Waals surface area contributed by atoms with Crippen LogP contribution < -0.4 is 15.5 Å². The van der Waals surface area contributed by atoms with Crippen molar-refractivity contribution >= 4 is 31.5 Å². The first-order valence-electron chi connectivity index (χ1n) is 14.5. The molecule has 2 heterocycles. The average Bonchev–Trinajstić information content (AvgIpc) is 2.85. The lowest BCUT2D eigenvalue weighted by Crippen LogP contribution is -2.47. The summed E-state index contributed by atoms with van der Waals surface area (Å²) < 4.78 is 21.6. The van der Waals surface area contributed by atoms with Crippen molar-refractivity contribution in [1.82, 2.24) is 10.2 Å². The number of imide groups is 1. The molecule has 2 amide bonds. The number of halogens is 1. The molecule has 1 aromatic carbocycles. The molecule has 4 rings (SSSR count). The van der Waals surface area contributed by atoms with Gasteiger partial charge in [0.1, 0.15) is 11.9 Å². The maximum Gasteiger partial charge on any atom is 0.249 e. The molecule has 3 fully saturated rings. The maximum absolute atomic E-state index is 15.0. The standard InChI is InChI=1S/C29H47FN4O3Si/c1-29(2,3)38(4,5)37-23-9-6-21(7-10-23)14-15-33-16-18-34(19-17-33)26-12-8-22(20-24(26)30)31-25-11-13-27(35)32-28(25)36/h8,12,20-21,23,25,31H,6-7,9-11,13-19H2,1-5H3,(H,32,35,36). The summed E-state index contributed by atoms with van der Waals surface area (Å²) in [6.45, 7) is 16.3. The molecule has 1 saturated carbocycles. The number of hydrogen-bond donors (Lipinski definition) is 2. The van der Waals surface area contributed by atoms with E-state index >= 15 is 0 Å². The van der Waals surface area contributed by atoms with Crippen LogP contribution in [0.4, 0.5) is 15.8 Å². The van der Waals surface area contributed by atoms with E-state index in [1.54, 1.807) is 6.07 Å². The molecule has 212 valence electrons. The predicted molar refractivity (Wildman–Crippen MR) is 153 cm³/mol. The summed E-state index contributed by atoms with van der Waals surface area (Å²) in [5, 5.41) is 5.65. The molecule has 2 saturated heterocycles. The molecular formula is C29H47FN4O3Si. The van der Waals surface area contributed by atoms with Gasteiger partial charge in [-0.2, -0.15) is 0 Å². The van der Waals surface area contributed by atoms with Gasteiger partial charge in [-0.05, 0) is 87.3 Å². The fourth-order valence-corrected chi connectivity index (χ4v) is 7.02. The average molecular weight is 547 g/mol. The Kier molecular flexibility index (Phi) is 9.20. The minimum Gasteiger partial charge on any atom is -0.414 e. The molecule has 1 atom stereocenters. The number of piperazine rings is 1. The SMILES string of the molecule is CC(C)(C)[Si](C)(C)OC1CCC(CCN2CCN(c3ccc(NC4CCC(=O)NC4=O)cc3F)CC2)CC1. The minimum absolute atomic E-state index is 0.257. The Bertz CT molecular complexity index is 983. The third-order valence-electron chi connectivity index (χ3n) is 9.16. The van der Waals surface area contributed by atoms with E-state index in [9.17, 15) is 14.0 Å². The minimum atomic E-state index is -1.69. The highest BCUT2D eigenvalue weighted by molar-refractivity contribution is 6.74. The molecule has 38 heavy (non-hydrogen) atoms. The normalized spacial score (nSPS) is 25.8. The Morgan fingerprint density at radius 2 is 1.74 bits per heavy atom. The molecule has 0 aromatic heterocycles. The Hall–Kier alpha value is -1.97. The fraction of sp³-hybridized carbons (Fsp3) is 0.724. The zero-order chi connectivity index (χ0) is 27.5. The van der Waals surface area contributed by atoms with Crippen LogP contribution in [0.3, 0.4) is 0 Å². The number of carbonyl (C=O) groups excluding carboxylic acids is 2. The van der Waals surface area contributed by atoms with Crippen LogP contribution in [0.15, 0.2) is 18.2 Å². The van der Waals surface area contributed by atoms with Gasteiger partial charge in [-0.1, -0.05) is 20.8 Å². The predicted octanol–water partition coefficient (Wildman–Crippen LogP) is 5.14. The summed E-state index contributed by atoms with van der Waals surface area (Å²) in [6, 6.07) is 4.56. The van der Waals surface area contributed by atoms with Gasteiger partial charge in [-0.3, -0.25) is 19.8 Å². The zero-order valence-electron chi connectivity index (χ0n) is 23.9. The lowest BCUT2D eigenvalue weighted by Gasteiger charge is -2.41. The number of nitrogens with zero attached hydrogens (tertiary/aromatic N) is 2. The number of anilines is 2. The summed E-state index contributed by atoms with van der Waals surface area (Å²) in [5.41, 5.74) is 1.17. The number of nitrogens with one attached hydrogen (secondary N) is 2. The second kappa shape index (κ2) is 12.0. The van der Waals surface area contributed by atoms with Crippen molar-refractivity contribution in [1.29, 1.82) is 0 Å². The van der Waals surface area contributed by atoms with Gasteiger partial charge in [0.05, 0.1) is 5.69 Å². The first-order chi connectivity index (χ1) is 17.9. The lowest BCUT2D eigenvalue weighted by atomic mass is 9.85. The number of rotatable bonds is 8. The fourth-order valence-electron chi connectivity index (χ4n) is 5.59. The van der Waals surface area contributed by atoms with Crippen molar-refractivity contribution in [2.45, 2.75) is 96.0 Å². The van der Waals surface area contributed by atoms with Crippen LogP contribution in [-0.4, -0.2) is 69.9 Å². The third-order valence-corrected chi connectivity index (χ3v) is 13.7. The number of hydrogen-bond acceptors (Lipinski definition) is 6. The van der Waals surface area contributed by atoms with Crippen molar-refractivity contribution in [3.05, 3.63) is 24.0 Å². The topological polar surface area (TPSA) is 73.9 Å². The molecule has 1 aliphatic carbocycles. The number of carbonyl (C=O) groups is 2. The first-order valence-corrected chi connectivity index (χ1v) is 17.4. The molecule has 3 aliphatic rings. The van der Waals surface area contributed by atoms with Crippen molar-refractivity contribution in [2.75, 3.05) is 42.9 Å². The number of benzene rings is 1. The monoisotopic (exact) mass is 546 g/mol. The van der Waals surface area contributed by atoms with Gasteiger partial charge in [0.15, 0.2) is 8.32 Å². The molecular weight excluding hydrogens is 499 g/mol. The molecule has 1 unspecified atom stereocenters. The van der Waals surface area contributed by atoms with E-state index in [2.05, 4.69) is 54.3 Å². The Morgan fingerprint density at radius 1 is 1.05 bits per heavy atom. The van der Waals surface area contributed by atoms with Crippen LogP contribution in [0.5, 0.6) is 0 Å². The van der Waals surface area contributed by atoms with Crippen LogP contribution >= 0.6 is 0 Å². The summed E-state index contributed by atoms with van der Waals surface area (Å²) in [6.07, 6.45) is 7.31. The van der Waals surface area contributed by atoms with Crippen LogP contribution in [0.25, 0.3) is 0 Å². The van der Waals surface area contributed by atoms with E-state index in [-0.39, 0.29) is 22.7 Å². The van der Waals surface area contributed by atoms with E-state index in [0.717, 1.165) is 38.6 Å². The molecule has 2 aliphatic heterocycles. The largest absolute Gasteiger partial charge is 0.414 e. The molecule has 7 nitrogen and oxygen atoms in total. The van der Waals surface area contributed by atoms with E-state index in [0.29, 0.717) is 30.3 Å². The third kappa shape index (κ3) is 7.36. The Labute approximate surface area is 229 Å². The summed E-state index contributed by atoms with van der Waals surface area (Å²) in [4.78, 5) is 28.0. The molecule has 9 heteroatoms. The highest BCUT2D eigenvalue weighted by atomic mass is 28.4. The van der Waals surface area contributed by atoms with Gasteiger partial charge < -0.3 is 14.6 Å². The zero-order valence-corrected chi connectivity index (χ0v) is 24.9. The number of amides is 2. The van der Waals surface area contributed by atoms with Crippen molar-refractivity contribution in [3.63, 3.8) is 0 Å². The van der Waals surface area contributed by atoms with Crippen molar-refractivity contribution < 1.29 is 18.4 Å². The van der Waals surface area contributed by atoms with Gasteiger partial charge >= 0.3 is 0 Å². The summed E-state index contributed by atoms with van der Waals surface area (Å²) >= 11 is 0.